The molecule has 0 bridgehead atoms. The molecule has 0 saturated carbocycles. The van der Waals surface area contributed by atoms with Crippen molar-refractivity contribution in [1.29, 1.82) is 0 Å². The maximum absolute atomic E-state index is 11.2. The van der Waals surface area contributed by atoms with Crippen molar-refractivity contribution in [2.24, 2.45) is 0 Å². The van der Waals surface area contributed by atoms with E-state index in [0.29, 0.717) is 11.3 Å². The van der Waals surface area contributed by atoms with Gasteiger partial charge in [-0.1, -0.05) is 0 Å². The zero-order chi connectivity index (χ0) is 11.7. The molecule has 4 heteroatoms. The van der Waals surface area contributed by atoms with E-state index in [1.54, 1.807) is 6.92 Å². The highest BCUT2D eigenvalue weighted by Gasteiger charge is 2.22. The van der Waals surface area contributed by atoms with Crippen molar-refractivity contribution in [3.8, 4) is 0 Å². The first kappa shape index (κ1) is 10.9. The van der Waals surface area contributed by atoms with E-state index >= 15 is 0 Å². The molecule has 16 heavy (non-hydrogen) atoms. The average Bonchev–Trinajstić information content (AvgIpc) is 2.67. The second-order valence-corrected chi connectivity index (χ2v) is 4.24. The van der Waals surface area contributed by atoms with Gasteiger partial charge in [-0.05, 0) is 32.8 Å². The highest BCUT2D eigenvalue weighted by molar-refractivity contribution is 5.95. The highest BCUT2D eigenvalue weighted by atomic mass is 16.4. The standard InChI is InChI=1S/C12H16N2O2/c1-8-7-10(14-5-3-4-6-14)11(12(15)16)9(2)13-8/h7H,3-6H2,1-2H3,(H,15,16). The fraction of sp³-hybridized carbons (Fsp3) is 0.500. The van der Waals surface area contributed by atoms with Gasteiger partial charge in [0.05, 0.1) is 11.4 Å². The molecule has 1 N–H and O–H groups in total. The van der Waals surface area contributed by atoms with Crippen LogP contribution in [-0.2, 0) is 0 Å². The molecule has 0 radical (unpaired) electrons. The van der Waals surface area contributed by atoms with Gasteiger partial charge < -0.3 is 10.0 Å². The summed E-state index contributed by atoms with van der Waals surface area (Å²) in [6.45, 7) is 5.56. The van der Waals surface area contributed by atoms with Crippen molar-refractivity contribution in [2.75, 3.05) is 18.0 Å². The SMILES string of the molecule is Cc1cc(N2CCCC2)c(C(=O)O)c(C)n1. The fourth-order valence-corrected chi connectivity index (χ4v) is 2.28. The number of hydrogen-bond acceptors (Lipinski definition) is 3. The molecule has 2 heterocycles. The molecule has 0 amide bonds. The number of carboxylic acid groups (broad SMARTS) is 1. The second-order valence-electron chi connectivity index (χ2n) is 4.24. The van der Waals surface area contributed by atoms with Crippen molar-refractivity contribution in [1.82, 2.24) is 4.98 Å². The van der Waals surface area contributed by atoms with Crippen LogP contribution in [0, 0.1) is 13.8 Å². The Morgan fingerprint density at radius 2 is 2.00 bits per heavy atom. The van der Waals surface area contributed by atoms with Gasteiger partial charge in [0.2, 0.25) is 0 Å². The summed E-state index contributed by atoms with van der Waals surface area (Å²) in [5.74, 6) is -0.883. The first-order valence-corrected chi connectivity index (χ1v) is 5.56. The Bertz CT molecular complexity index is 423. The Morgan fingerprint density at radius 3 is 2.56 bits per heavy atom. The van der Waals surface area contributed by atoms with E-state index < -0.39 is 5.97 Å². The third-order valence-corrected chi connectivity index (χ3v) is 2.97. The lowest BCUT2D eigenvalue weighted by Crippen LogP contribution is -2.22. The van der Waals surface area contributed by atoms with Crippen LogP contribution in [0.4, 0.5) is 5.69 Å². The van der Waals surface area contributed by atoms with Gasteiger partial charge in [-0.2, -0.15) is 0 Å². The number of aromatic nitrogens is 1. The average molecular weight is 220 g/mol. The highest BCUT2D eigenvalue weighted by Crippen LogP contribution is 2.27. The third-order valence-electron chi connectivity index (χ3n) is 2.97. The number of rotatable bonds is 2. The molecule has 0 aromatic carbocycles. The largest absolute Gasteiger partial charge is 0.478 e. The van der Waals surface area contributed by atoms with Gasteiger partial charge in [-0.25, -0.2) is 4.79 Å². The summed E-state index contributed by atoms with van der Waals surface area (Å²) in [6, 6.07) is 1.88. The molecule has 1 saturated heterocycles. The second kappa shape index (κ2) is 4.12. The number of carbonyl (C=O) groups is 1. The molecular weight excluding hydrogens is 204 g/mol. The Kier molecular flexibility index (Phi) is 2.81. The predicted octanol–water partition coefficient (Wildman–Crippen LogP) is 2.00. The molecule has 0 spiro atoms. The lowest BCUT2D eigenvalue weighted by atomic mass is 10.1. The van der Waals surface area contributed by atoms with Gasteiger partial charge in [0.25, 0.3) is 0 Å². The van der Waals surface area contributed by atoms with Gasteiger partial charge in [-0.15, -0.1) is 0 Å². The van der Waals surface area contributed by atoms with Gasteiger partial charge in [0.15, 0.2) is 0 Å². The maximum Gasteiger partial charge on any atom is 0.339 e. The van der Waals surface area contributed by atoms with Gasteiger partial charge in [0.1, 0.15) is 5.56 Å². The number of hydrogen-bond donors (Lipinski definition) is 1. The van der Waals surface area contributed by atoms with Crippen LogP contribution < -0.4 is 4.90 Å². The summed E-state index contributed by atoms with van der Waals surface area (Å²) in [4.78, 5) is 17.6. The molecule has 1 fully saturated rings. The molecular formula is C12H16N2O2. The van der Waals surface area contributed by atoms with E-state index in [1.165, 1.54) is 0 Å². The maximum atomic E-state index is 11.2. The molecule has 1 aromatic heterocycles. The molecule has 1 aliphatic rings. The molecule has 0 aliphatic carbocycles. The minimum absolute atomic E-state index is 0.354. The molecule has 1 aromatic rings. The first-order chi connectivity index (χ1) is 7.59. The van der Waals surface area contributed by atoms with E-state index in [9.17, 15) is 9.90 Å². The van der Waals surface area contributed by atoms with Gasteiger partial charge >= 0.3 is 5.97 Å². The molecule has 0 atom stereocenters. The number of aromatic carboxylic acids is 1. The Balaban J connectivity index is 2.52. The van der Waals surface area contributed by atoms with Crippen LogP contribution in [0.15, 0.2) is 6.07 Å². The van der Waals surface area contributed by atoms with Gasteiger partial charge in [-0.3, -0.25) is 4.98 Å². The molecule has 1 aliphatic heterocycles. The summed E-state index contributed by atoms with van der Waals surface area (Å²) in [5, 5.41) is 9.23. The normalized spacial score (nSPS) is 15.5. The van der Waals surface area contributed by atoms with Crippen molar-refractivity contribution in [2.45, 2.75) is 26.7 Å². The van der Waals surface area contributed by atoms with E-state index in [4.69, 9.17) is 0 Å². The quantitative estimate of drug-likeness (QED) is 0.828. The van der Waals surface area contributed by atoms with Crippen LogP contribution in [0.2, 0.25) is 0 Å². The molecule has 0 unspecified atom stereocenters. The van der Waals surface area contributed by atoms with Crippen LogP contribution in [0.1, 0.15) is 34.6 Å². The number of carboxylic acids is 1. The number of aryl methyl sites for hydroxylation is 2. The fourth-order valence-electron chi connectivity index (χ4n) is 2.28. The minimum atomic E-state index is -0.883. The zero-order valence-corrected chi connectivity index (χ0v) is 9.66. The number of anilines is 1. The topological polar surface area (TPSA) is 53.4 Å². The smallest absolute Gasteiger partial charge is 0.339 e. The van der Waals surface area contributed by atoms with Crippen LogP contribution in [0.5, 0.6) is 0 Å². The zero-order valence-electron chi connectivity index (χ0n) is 9.66. The molecule has 2 rings (SSSR count). The van der Waals surface area contributed by atoms with Crippen LogP contribution in [0.25, 0.3) is 0 Å². The summed E-state index contributed by atoms with van der Waals surface area (Å²) >= 11 is 0. The first-order valence-electron chi connectivity index (χ1n) is 5.56. The van der Waals surface area contributed by atoms with Crippen molar-refractivity contribution in [3.63, 3.8) is 0 Å². The predicted molar refractivity (Wildman–Crippen MR) is 62.1 cm³/mol. The van der Waals surface area contributed by atoms with Gasteiger partial charge in [0, 0.05) is 18.8 Å². The van der Waals surface area contributed by atoms with Crippen molar-refractivity contribution >= 4 is 11.7 Å². The minimum Gasteiger partial charge on any atom is -0.478 e. The summed E-state index contributed by atoms with van der Waals surface area (Å²) < 4.78 is 0. The monoisotopic (exact) mass is 220 g/mol. The van der Waals surface area contributed by atoms with E-state index in [0.717, 1.165) is 37.3 Å². The van der Waals surface area contributed by atoms with Crippen LogP contribution in [-0.4, -0.2) is 29.1 Å². The summed E-state index contributed by atoms with van der Waals surface area (Å²) in [6.07, 6.45) is 2.28. The number of pyridine rings is 1. The van der Waals surface area contributed by atoms with Crippen LogP contribution >= 0.6 is 0 Å². The lowest BCUT2D eigenvalue weighted by molar-refractivity contribution is 0.0696. The Morgan fingerprint density at radius 1 is 1.38 bits per heavy atom. The van der Waals surface area contributed by atoms with Crippen molar-refractivity contribution in [3.05, 3.63) is 23.0 Å². The number of nitrogens with zero attached hydrogens (tertiary/aromatic N) is 2. The van der Waals surface area contributed by atoms with E-state index in [-0.39, 0.29) is 0 Å². The lowest BCUT2D eigenvalue weighted by Gasteiger charge is -2.21. The van der Waals surface area contributed by atoms with E-state index in [2.05, 4.69) is 9.88 Å². The molecule has 4 nitrogen and oxygen atoms in total. The summed E-state index contributed by atoms with van der Waals surface area (Å²) in [7, 11) is 0. The van der Waals surface area contributed by atoms with Crippen molar-refractivity contribution < 1.29 is 9.90 Å². The third kappa shape index (κ3) is 1.87. The molecule has 86 valence electrons. The Hall–Kier alpha value is -1.58. The Labute approximate surface area is 94.9 Å². The van der Waals surface area contributed by atoms with E-state index in [1.807, 2.05) is 13.0 Å². The van der Waals surface area contributed by atoms with Crippen LogP contribution in [0.3, 0.4) is 0 Å². The summed E-state index contributed by atoms with van der Waals surface area (Å²) in [5.41, 5.74) is 2.67.